The SMILES string of the molecule is NC(=O)CCC(NC(=O)C(CC(=O)O)NC(=O)C(N)CO)C(=O)NC(Cc1c[nH]c2ccccc12)C(=O)O. The molecule has 0 fully saturated rings. The van der Waals surface area contributed by atoms with Crippen LogP contribution in [0.25, 0.3) is 10.9 Å². The van der Waals surface area contributed by atoms with E-state index >= 15 is 0 Å². The number of carboxylic acid groups (broad SMARTS) is 2. The zero-order chi connectivity index (χ0) is 28.4. The van der Waals surface area contributed by atoms with Gasteiger partial charge in [0.25, 0.3) is 0 Å². The molecule has 2 rings (SSSR count). The van der Waals surface area contributed by atoms with Gasteiger partial charge in [-0.3, -0.25) is 24.0 Å². The third kappa shape index (κ3) is 8.56. The van der Waals surface area contributed by atoms with E-state index in [1.165, 1.54) is 0 Å². The molecular formula is C23H30N6O9. The fourth-order valence-electron chi connectivity index (χ4n) is 3.57. The maximum absolute atomic E-state index is 13.0. The molecule has 0 saturated carbocycles. The highest BCUT2D eigenvalue weighted by molar-refractivity contribution is 5.96. The number of amides is 4. The summed E-state index contributed by atoms with van der Waals surface area (Å²) in [4.78, 5) is 75.3. The van der Waals surface area contributed by atoms with E-state index < -0.39 is 72.8 Å². The third-order valence-electron chi connectivity index (χ3n) is 5.57. The van der Waals surface area contributed by atoms with Gasteiger partial charge >= 0.3 is 11.9 Å². The fourth-order valence-corrected chi connectivity index (χ4v) is 3.57. The summed E-state index contributed by atoms with van der Waals surface area (Å²) in [5, 5.41) is 35.2. The zero-order valence-electron chi connectivity index (χ0n) is 20.2. The number of benzene rings is 1. The second-order valence-electron chi connectivity index (χ2n) is 8.48. The lowest BCUT2D eigenvalue weighted by Crippen LogP contribution is -2.58. The molecule has 11 N–H and O–H groups in total. The number of rotatable bonds is 15. The van der Waals surface area contributed by atoms with Crippen LogP contribution in [-0.2, 0) is 35.2 Å². The molecule has 15 nitrogen and oxygen atoms in total. The van der Waals surface area contributed by atoms with E-state index in [-0.39, 0.29) is 19.3 Å². The van der Waals surface area contributed by atoms with Crippen LogP contribution in [0.4, 0.5) is 0 Å². The Morgan fingerprint density at radius 2 is 1.50 bits per heavy atom. The molecule has 0 bridgehead atoms. The number of aromatic nitrogens is 1. The van der Waals surface area contributed by atoms with Gasteiger partial charge in [0.2, 0.25) is 23.6 Å². The monoisotopic (exact) mass is 534 g/mol. The number of H-pyrrole nitrogens is 1. The van der Waals surface area contributed by atoms with Crippen molar-refractivity contribution in [2.24, 2.45) is 11.5 Å². The van der Waals surface area contributed by atoms with Crippen LogP contribution in [0.3, 0.4) is 0 Å². The average Bonchev–Trinajstić information content (AvgIpc) is 3.27. The summed E-state index contributed by atoms with van der Waals surface area (Å²) in [6, 6.07) is 1.08. The largest absolute Gasteiger partial charge is 0.481 e. The van der Waals surface area contributed by atoms with Gasteiger partial charge in [-0.15, -0.1) is 0 Å². The minimum Gasteiger partial charge on any atom is -0.481 e. The van der Waals surface area contributed by atoms with Crippen molar-refractivity contribution in [3.63, 3.8) is 0 Å². The first-order valence-corrected chi connectivity index (χ1v) is 11.5. The number of hydrogen-bond donors (Lipinski definition) is 9. The number of aromatic amines is 1. The standard InChI is InChI=1S/C23H30N6O9/c24-13(10-30)20(34)28-16(8-19(32)33)22(36)27-15(5-6-18(25)31)21(35)29-17(23(37)38)7-11-9-26-14-4-2-1-3-12(11)14/h1-4,9,13,15-17,26,30H,5-8,10,24H2,(H2,25,31)(H,27,36)(H,28,34)(H,29,35)(H,32,33)(H,37,38). The average molecular weight is 535 g/mol. The molecule has 0 aliphatic carbocycles. The molecular weight excluding hydrogens is 504 g/mol. The first-order valence-electron chi connectivity index (χ1n) is 11.5. The summed E-state index contributed by atoms with van der Waals surface area (Å²) in [6.07, 6.45) is -0.105. The van der Waals surface area contributed by atoms with Gasteiger partial charge in [0.15, 0.2) is 0 Å². The second kappa shape index (κ2) is 13.7. The first kappa shape index (κ1) is 29.7. The van der Waals surface area contributed by atoms with E-state index in [9.17, 15) is 33.9 Å². The molecule has 4 amide bonds. The topological polar surface area (TPSA) is 267 Å². The predicted molar refractivity (Wildman–Crippen MR) is 131 cm³/mol. The Balaban J connectivity index is 2.21. The molecule has 206 valence electrons. The molecule has 15 heteroatoms. The number of aliphatic carboxylic acids is 2. The van der Waals surface area contributed by atoms with Crippen LogP contribution < -0.4 is 27.4 Å². The number of aliphatic hydroxyl groups excluding tert-OH is 1. The molecule has 0 spiro atoms. The second-order valence-corrected chi connectivity index (χ2v) is 8.48. The number of carboxylic acids is 2. The molecule has 0 aliphatic rings. The van der Waals surface area contributed by atoms with Gasteiger partial charge in [-0.1, -0.05) is 18.2 Å². The molecule has 4 atom stereocenters. The van der Waals surface area contributed by atoms with Crippen molar-refractivity contribution in [1.29, 1.82) is 0 Å². The summed E-state index contributed by atoms with van der Waals surface area (Å²) >= 11 is 0. The summed E-state index contributed by atoms with van der Waals surface area (Å²) in [5.41, 5.74) is 11.9. The van der Waals surface area contributed by atoms with Gasteiger partial charge in [0, 0.05) is 29.9 Å². The summed E-state index contributed by atoms with van der Waals surface area (Å²) in [5.74, 6) is -6.74. The first-order chi connectivity index (χ1) is 17.9. The molecule has 38 heavy (non-hydrogen) atoms. The third-order valence-corrected chi connectivity index (χ3v) is 5.57. The van der Waals surface area contributed by atoms with E-state index in [1.807, 2.05) is 0 Å². The van der Waals surface area contributed by atoms with E-state index in [4.69, 9.17) is 21.7 Å². The van der Waals surface area contributed by atoms with E-state index in [2.05, 4.69) is 20.9 Å². The van der Waals surface area contributed by atoms with Crippen LogP contribution in [0.15, 0.2) is 30.5 Å². The van der Waals surface area contributed by atoms with Crippen LogP contribution in [0.5, 0.6) is 0 Å². The van der Waals surface area contributed by atoms with Crippen molar-refractivity contribution in [2.45, 2.75) is 49.9 Å². The predicted octanol–water partition coefficient (Wildman–Crippen LogP) is -2.69. The summed E-state index contributed by atoms with van der Waals surface area (Å²) in [6.45, 7) is -0.774. The van der Waals surface area contributed by atoms with Crippen LogP contribution >= 0.6 is 0 Å². The lowest BCUT2D eigenvalue weighted by Gasteiger charge is -2.24. The van der Waals surface area contributed by atoms with Gasteiger partial charge in [-0.25, -0.2) is 4.79 Å². The number of carbonyl (C=O) groups is 6. The lowest BCUT2D eigenvalue weighted by molar-refractivity contribution is -0.143. The Bertz CT molecular complexity index is 1200. The van der Waals surface area contributed by atoms with Crippen molar-refractivity contribution >= 4 is 46.5 Å². The van der Waals surface area contributed by atoms with Gasteiger partial charge in [-0.2, -0.15) is 0 Å². The Labute approximate surface area is 215 Å². The molecule has 0 aliphatic heterocycles. The smallest absolute Gasteiger partial charge is 0.326 e. The lowest BCUT2D eigenvalue weighted by atomic mass is 10.0. The van der Waals surface area contributed by atoms with Gasteiger partial charge in [0.1, 0.15) is 24.2 Å². The molecule has 1 aromatic carbocycles. The van der Waals surface area contributed by atoms with E-state index in [0.717, 1.165) is 10.9 Å². The molecule has 0 radical (unpaired) electrons. The molecule has 0 saturated heterocycles. The number of aliphatic hydroxyl groups is 1. The maximum atomic E-state index is 13.0. The molecule has 4 unspecified atom stereocenters. The quantitative estimate of drug-likeness (QED) is 0.114. The highest BCUT2D eigenvalue weighted by atomic mass is 16.4. The highest BCUT2D eigenvalue weighted by Gasteiger charge is 2.31. The number of primary amides is 1. The molecule has 1 heterocycles. The van der Waals surface area contributed by atoms with Gasteiger partial charge < -0.3 is 47.7 Å². The minimum absolute atomic E-state index is 0.113. The summed E-state index contributed by atoms with van der Waals surface area (Å²) < 4.78 is 0. The van der Waals surface area contributed by atoms with Gasteiger partial charge in [-0.05, 0) is 18.1 Å². The van der Waals surface area contributed by atoms with E-state index in [0.29, 0.717) is 5.56 Å². The zero-order valence-corrected chi connectivity index (χ0v) is 20.2. The number of fused-ring (bicyclic) bond motifs is 1. The maximum Gasteiger partial charge on any atom is 0.326 e. The Kier molecular flexibility index (Phi) is 10.7. The number of para-hydroxylation sites is 1. The van der Waals surface area contributed by atoms with Crippen LogP contribution in [0.2, 0.25) is 0 Å². The molecule has 1 aromatic heterocycles. The van der Waals surface area contributed by atoms with Crippen LogP contribution in [-0.4, -0.2) is 86.6 Å². The normalized spacial score (nSPS) is 14.1. The van der Waals surface area contributed by atoms with Crippen molar-refractivity contribution in [3.8, 4) is 0 Å². The van der Waals surface area contributed by atoms with Crippen molar-refractivity contribution < 1.29 is 44.1 Å². The Morgan fingerprint density at radius 3 is 2.11 bits per heavy atom. The van der Waals surface area contributed by atoms with Crippen molar-refractivity contribution in [2.75, 3.05) is 6.61 Å². The fraction of sp³-hybridized carbons (Fsp3) is 0.391. The number of nitrogens with one attached hydrogen (secondary N) is 4. The number of hydrogen-bond acceptors (Lipinski definition) is 8. The van der Waals surface area contributed by atoms with Crippen molar-refractivity contribution in [1.82, 2.24) is 20.9 Å². The Morgan fingerprint density at radius 1 is 0.895 bits per heavy atom. The highest BCUT2D eigenvalue weighted by Crippen LogP contribution is 2.19. The minimum atomic E-state index is -1.69. The van der Waals surface area contributed by atoms with Crippen LogP contribution in [0.1, 0.15) is 24.8 Å². The number of nitrogens with two attached hydrogens (primary N) is 2. The van der Waals surface area contributed by atoms with Gasteiger partial charge in [0.05, 0.1) is 13.0 Å². The van der Waals surface area contributed by atoms with Crippen LogP contribution in [0, 0.1) is 0 Å². The van der Waals surface area contributed by atoms with E-state index in [1.54, 1.807) is 30.5 Å². The number of carbonyl (C=O) groups excluding carboxylic acids is 4. The summed E-state index contributed by atoms with van der Waals surface area (Å²) in [7, 11) is 0. The Hall–Kier alpha value is -4.50. The molecule has 2 aromatic rings. The van der Waals surface area contributed by atoms with Crippen molar-refractivity contribution in [3.05, 3.63) is 36.0 Å².